The zero-order valence-electron chi connectivity index (χ0n) is 13.7. The van der Waals surface area contributed by atoms with Crippen molar-refractivity contribution in [3.05, 3.63) is 65.6 Å². The summed E-state index contributed by atoms with van der Waals surface area (Å²) < 4.78 is 12.2. The molecule has 3 aromatic rings. The van der Waals surface area contributed by atoms with Crippen LogP contribution < -0.4 is 14.8 Å². The summed E-state index contributed by atoms with van der Waals surface area (Å²) in [6, 6.07) is 10.5. The summed E-state index contributed by atoms with van der Waals surface area (Å²) in [5, 5.41) is 3.20. The van der Waals surface area contributed by atoms with E-state index in [1.54, 1.807) is 24.3 Å². The molecule has 128 valence electrons. The largest absolute Gasteiger partial charge is 0.496 e. The van der Waals surface area contributed by atoms with Gasteiger partial charge >= 0.3 is 0 Å². The second kappa shape index (κ2) is 7.27. The van der Waals surface area contributed by atoms with Crippen molar-refractivity contribution in [3.8, 4) is 17.3 Å². The first kappa shape index (κ1) is 16.9. The van der Waals surface area contributed by atoms with Crippen LogP contribution in [0.4, 0.5) is 5.69 Å². The summed E-state index contributed by atoms with van der Waals surface area (Å²) in [5.41, 5.74) is 1.60. The molecule has 3 rings (SSSR count). The monoisotopic (exact) mass is 357 g/mol. The third-order valence-corrected chi connectivity index (χ3v) is 3.90. The van der Waals surface area contributed by atoms with Gasteiger partial charge in [-0.15, -0.1) is 0 Å². The van der Waals surface area contributed by atoms with Crippen molar-refractivity contribution < 1.29 is 14.3 Å². The number of anilines is 1. The molecule has 0 unspecified atom stereocenters. The topological polar surface area (TPSA) is 65.4 Å². The molecular formula is C18H16ClN3O3. The van der Waals surface area contributed by atoms with E-state index in [-0.39, 0.29) is 5.91 Å². The van der Waals surface area contributed by atoms with Crippen molar-refractivity contribution >= 4 is 23.2 Å². The Kier molecular flexibility index (Phi) is 4.90. The van der Waals surface area contributed by atoms with E-state index in [9.17, 15) is 4.79 Å². The van der Waals surface area contributed by atoms with E-state index in [1.807, 2.05) is 29.1 Å². The summed E-state index contributed by atoms with van der Waals surface area (Å²) in [6.07, 6.45) is 5.24. The van der Waals surface area contributed by atoms with Crippen LogP contribution in [0.15, 0.2) is 55.0 Å². The van der Waals surface area contributed by atoms with E-state index < -0.39 is 0 Å². The highest BCUT2D eigenvalue weighted by atomic mass is 35.5. The molecular weight excluding hydrogens is 342 g/mol. The molecule has 0 radical (unpaired) electrons. The summed E-state index contributed by atoms with van der Waals surface area (Å²) in [5.74, 6) is 0.548. The average Bonchev–Trinajstić information content (AvgIpc) is 3.16. The van der Waals surface area contributed by atoms with Crippen LogP contribution in [0.3, 0.4) is 0 Å². The molecule has 25 heavy (non-hydrogen) atoms. The highest BCUT2D eigenvalue weighted by Crippen LogP contribution is 2.30. The molecule has 0 fully saturated rings. The second-order valence-corrected chi connectivity index (χ2v) is 5.54. The SMILES string of the molecule is COc1ccc(NC(=O)c2cc(Cl)c(-n3cccc3)cc2OC)cn1. The van der Waals surface area contributed by atoms with Crippen molar-refractivity contribution in [2.45, 2.75) is 0 Å². The summed E-state index contributed by atoms with van der Waals surface area (Å²) >= 11 is 6.35. The fourth-order valence-corrected chi connectivity index (χ4v) is 2.62. The zero-order chi connectivity index (χ0) is 17.8. The van der Waals surface area contributed by atoms with Crippen LogP contribution in [0.1, 0.15) is 10.4 Å². The lowest BCUT2D eigenvalue weighted by atomic mass is 10.1. The van der Waals surface area contributed by atoms with Gasteiger partial charge in [0.25, 0.3) is 5.91 Å². The van der Waals surface area contributed by atoms with Crippen LogP contribution in [0.25, 0.3) is 5.69 Å². The first-order valence-corrected chi connectivity index (χ1v) is 7.82. The Morgan fingerprint density at radius 1 is 1.16 bits per heavy atom. The predicted octanol–water partition coefficient (Wildman–Crippen LogP) is 3.80. The molecule has 0 aliphatic carbocycles. The van der Waals surface area contributed by atoms with Gasteiger partial charge in [-0.2, -0.15) is 0 Å². The molecule has 1 N–H and O–H groups in total. The van der Waals surface area contributed by atoms with E-state index in [1.165, 1.54) is 20.4 Å². The third kappa shape index (κ3) is 3.59. The van der Waals surface area contributed by atoms with Crippen molar-refractivity contribution in [1.29, 1.82) is 0 Å². The first-order valence-electron chi connectivity index (χ1n) is 7.44. The smallest absolute Gasteiger partial charge is 0.259 e. The highest BCUT2D eigenvalue weighted by molar-refractivity contribution is 6.33. The van der Waals surface area contributed by atoms with Crippen molar-refractivity contribution in [3.63, 3.8) is 0 Å². The number of halogens is 1. The number of ether oxygens (including phenoxy) is 2. The number of nitrogens with one attached hydrogen (secondary N) is 1. The Bertz CT molecular complexity index is 877. The Morgan fingerprint density at radius 2 is 1.92 bits per heavy atom. The number of methoxy groups -OCH3 is 2. The van der Waals surface area contributed by atoms with Crippen molar-refractivity contribution in [2.75, 3.05) is 19.5 Å². The van der Waals surface area contributed by atoms with Crippen LogP contribution in [0.5, 0.6) is 11.6 Å². The summed E-state index contributed by atoms with van der Waals surface area (Å²) in [7, 11) is 3.04. The number of hydrogen-bond donors (Lipinski definition) is 1. The lowest BCUT2D eigenvalue weighted by Crippen LogP contribution is -2.14. The molecule has 0 atom stereocenters. The summed E-state index contributed by atoms with van der Waals surface area (Å²) in [6.45, 7) is 0. The first-order chi connectivity index (χ1) is 12.1. The number of carbonyl (C=O) groups is 1. The molecule has 0 bridgehead atoms. The number of aromatic nitrogens is 2. The molecule has 1 aromatic carbocycles. The number of carbonyl (C=O) groups excluding carboxylic acids is 1. The minimum Gasteiger partial charge on any atom is -0.496 e. The molecule has 0 saturated carbocycles. The van der Waals surface area contributed by atoms with Crippen molar-refractivity contribution in [2.24, 2.45) is 0 Å². The van der Waals surface area contributed by atoms with E-state index in [2.05, 4.69) is 10.3 Å². The fraction of sp³-hybridized carbons (Fsp3) is 0.111. The molecule has 0 aliphatic heterocycles. The van der Waals surface area contributed by atoms with Gasteiger partial charge in [0.1, 0.15) is 5.75 Å². The molecule has 0 aliphatic rings. The van der Waals surface area contributed by atoms with Gasteiger partial charge in [-0.25, -0.2) is 4.98 Å². The maximum atomic E-state index is 12.6. The standard InChI is InChI=1S/C18H16ClN3O3/c1-24-16-10-15(22-7-3-4-8-22)14(19)9-13(16)18(23)21-12-5-6-17(25-2)20-11-12/h3-11H,1-2H3,(H,21,23). The normalized spacial score (nSPS) is 10.4. The zero-order valence-corrected chi connectivity index (χ0v) is 14.4. The van der Waals surface area contributed by atoms with Crippen LogP contribution >= 0.6 is 11.6 Å². The number of benzene rings is 1. The van der Waals surface area contributed by atoms with Crippen LogP contribution in [0.2, 0.25) is 5.02 Å². The van der Waals surface area contributed by atoms with Gasteiger partial charge < -0.3 is 19.4 Å². The van der Waals surface area contributed by atoms with Crippen LogP contribution in [-0.2, 0) is 0 Å². The minimum atomic E-state index is -0.343. The quantitative estimate of drug-likeness (QED) is 0.754. The lowest BCUT2D eigenvalue weighted by molar-refractivity contribution is 0.102. The van der Waals surface area contributed by atoms with Crippen LogP contribution in [0, 0.1) is 0 Å². The van der Waals surface area contributed by atoms with Gasteiger partial charge in [-0.1, -0.05) is 11.6 Å². The van der Waals surface area contributed by atoms with Gasteiger partial charge in [0, 0.05) is 24.5 Å². The molecule has 7 heteroatoms. The number of hydrogen-bond acceptors (Lipinski definition) is 4. The Balaban J connectivity index is 1.90. The van der Waals surface area contributed by atoms with Crippen molar-refractivity contribution in [1.82, 2.24) is 9.55 Å². The van der Waals surface area contributed by atoms with E-state index >= 15 is 0 Å². The highest BCUT2D eigenvalue weighted by Gasteiger charge is 2.17. The molecule has 2 aromatic heterocycles. The fourth-order valence-electron chi connectivity index (χ4n) is 2.36. The summed E-state index contributed by atoms with van der Waals surface area (Å²) in [4.78, 5) is 16.6. The maximum Gasteiger partial charge on any atom is 0.259 e. The van der Waals surface area contributed by atoms with E-state index in [4.69, 9.17) is 21.1 Å². The van der Waals surface area contributed by atoms with Gasteiger partial charge in [0.2, 0.25) is 5.88 Å². The number of amides is 1. The third-order valence-electron chi connectivity index (χ3n) is 3.60. The Hall–Kier alpha value is -2.99. The van der Waals surface area contributed by atoms with Gasteiger partial charge in [-0.05, 0) is 24.3 Å². The van der Waals surface area contributed by atoms with E-state index in [0.29, 0.717) is 27.9 Å². The lowest BCUT2D eigenvalue weighted by Gasteiger charge is -2.13. The number of pyridine rings is 1. The molecule has 0 spiro atoms. The molecule has 1 amide bonds. The number of nitrogens with zero attached hydrogens (tertiary/aromatic N) is 2. The van der Waals surface area contributed by atoms with Gasteiger partial charge in [-0.3, -0.25) is 4.79 Å². The molecule has 0 saturated heterocycles. The van der Waals surface area contributed by atoms with E-state index in [0.717, 1.165) is 5.69 Å². The minimum absolute atomic E-state index is 0.333. The van der Waals surface area contributed by atoms with Gasteiger partial charge in [0.05, 0.1) is 42.4 Å². The molecule has 6 nitrogen and oxygen atoms in total. The maximum absolute atomic E-state index is 12.6. The second-order valence-electron chi connectivity index (χ2n) is 5.14. The molecule has 2 heterocycles. The van der Waals surface area contributed by atoms with Crippen LogP contribution in [-0.4, -0.2) is 29.7 Å². The average molecular weight is 358 g/mol. The number of rotatable bonds is 5. The van der Waals surface area contributed by atoms with Gasteiger partial charge in [0.15, 0.2) is 0 Å². The predicted molar refractivity (Wildman–Crippen MR) is 96.1 cm³/mol. The Labute approximate surface area is 150 Å². The Morgan fingerprint density at radius 3 is 2.52 bits per heavy atom.